The molecule has 1 atom stereocenters. The number of hydrogen-bond acceptors (Lipinski definition) is 0. The Morgan fingerprint density at radius 3 is 2.17 bits per heavy atom. The molecule has 0 aliphatic heterocycles. The van der Waals surface area contributed by atoms with Gasteiger partial charge >= 0.3 is 0 Å². The molecule has 0 saturated heterocycles. The Bertz CT molecular complexity index is 525. The summed E-state index contributed by atoms with van der Waals surface area (Å²) in [6.45, 7) is 20.9. The molecule has 0 heterocycles. The number of hydrogen-bond donors (Lipinski definition) is 0. The van der Waals surface area contributed by atoms with Crippen LogP contribution in [0.1, 0.15) is 105 Å². The van der Waals surface area contributed by atoms with Crippen LogP contribution in [0.3, 0.4) is 0 Å². The molecule has 138 valence electrons. The van der Waals surface area contributed by atoms with Gasteiger partial charge in [-0.15, -0.1) is 0 Å². The normalized spacial score (nSPS) is 15.0. The molecule has 0 aromatic heterocycles. The predicted octanol–water partition coefficient (Wildman–Crippen LogP) is 7.71. The average molecular weight is 330 g/mol. The van der Waals surface area contributed by atoms with Gasteiger partial charge in [0.25, 0.3) is 0 Å². The van der Waals surface area contributed by atoms with Crippen LogP contribution in [0.5, 0.6) is 0 Å². The summed E-state index contributed by atoms with van der Waals surface area (Å²) in [5, 5.41) is 0. The van der Waals surface area contributed by atoms with E-state index in [0.717, 1.165) is 12.3 Å². The van der Waals surface area contributed by atoms with E-state index in [4.69, 9.17) is 0 Å². The zero-order valence-corrected chi connectivity index (χ0v) is 17.8. The number of allylic oxidation sites excluding steroid dienone is 2. The summed E-state index contributed by atoms with van der Waals surface area (Å²) in [5.41, 5.74) is 6.53. The van der Waals surface area contributed by atoms with Crippen LogP contribution in [0, 0.1) is 5.92 Å². The van der Waals surface area contributed by atoms with Crippen LogP contribution in [0.25, 0.3) is 0 Å². The first kappa shape index (κ1) is 21.1. The van der Waals surface area contributed by atoms with Crippen molar-refractivity contribution in [3.05, 3.63) is 40.5 Å². The lowest BCUT2D eigenvalue weighted by Crippen LogP contribution is -2.13. The highest BCUT2D eigenvalue weighted by Gasteiger charge is 2.17. The van der Waals surface area contributed by atoms with Gasteiger partial charge in [0, 0.05) is 0 Å². The Kier molecular flexibility index (Phi) is 7.44. The van der Waals surface area contributed by atoms with E-state index in [1.807, 2.05) is 0 Å². The SMILES string of the molecule is CCC[C@@H](CC)C/C(C)=C\Cc1cc(C(C)(C)C)[cH-]c1C(C)(C)C. The topological polar surface area (TPSA) is 0 Å². The first-order chi connectivity index (χ1) is 11.0. The van der Waals surface area contributed by atoms with Crippen molar-refractivity contribution in [2.45, 2.75) is 105 Å². The van der Waals surface area contributed by atoms with Crippen LogP contribution in [0.4, 0.5) is 0 Å². The summed E-state index contributed by atoms with van der Waals surface area (Å²) in [6, 6.07) is 4.90. The van der Waals surface area contributed by atoms with Crippen molar-refractivity contribution < 1.29 is 0 Å². The molecule has 1 rings (SSSR count). The molecule has 0 radical (unpaired) electrons. The molecule has 0 amide bonds. The van der Waals surface area contributed by atoms with E-state index in [-0.39, 0.29) is 10.8 Å². The first-order valence-electron chi connectivity index (χ1n) is 9.95. The third-order valence-electron chi connectivity index (χ3n) is 5.20. The van der Waals surface area contributed by atoms with Gasteiger partial charge in [-0.05, 0) is 30.1 Å². The predicted molar refractivity (Wildman–Crippen MR) is 110 cm³/mol. The van der Waals surface area contributed by atoms with Gasteiger partial charge in [0.15, 0.2) is 0 Å². The van der Waals surface area contributed by atoms with Crippen LogP contribution in [0.2, 0.25) is 0 Å². The molecule has 0 aliphatic rings. The second-order valence-corrected chi connectivity index (χ2v) is 9.70. The molecule has 0 saturated carbocycles. The lowest BCUT2D eigenvalue weighted by Gasteiger charge is -2.26. The van der Waals surface area contributed by atoms with Crippen LogP contribution in [-0.4, -0.2) is 0 Å². The number of rotatable bonds is 7. The summed E-state index contributed by atoms with van der Waals surface area (Å²) >= 11 is 0. The largest absolute Gasteiger partial charge is 0.206 e. The van der Waals surface area contributed by atoms with Crippen LogP contribution >= 0.6 is 0 Å². The summed E-state index contributed by atoms with van der Waals surface area (Å²) in [5.74, 6) is 0.859. The van der Waals surface area contributed by atoms with E-state index in [0.29, 0.717) is 0 Å². The Labute approximate surface area is 152 Å². The lowest BCUT2D eigenvalue weighted by molar-refractivity contribution is 0.460. The van der Waals surface area contributed by atoms with E-state index in [2.05, 4.69) is 80.5 Å². The van der Waals surface area contributed by atoms with Crippen LogP contribution < -0.4 is 0 Å². The highest BCUT2D eigenvalue weighted by molar-refractivity contribution is 5.43. The first-order valence-corrected chi connectivity index (χ1v) is 9.95. The van der Waals surface area contributed by atoms with Gasteiger partial charge in [0.2, 0.25) is 0 Å². The van der Waals surface area contributed by atoms with Crippen molar-refractivity contribution in [3.63, 3.8) is 0 Å². The van der Waals surface area contributed by atoms with E-state index in [1.54, 1.807) is 5.57 Å². The molecule has 1 aromatic carbocycles. The van der Waals surface area contributed by atoms with Crippen molar-refractivity contribution in [1.82, 2.24) is 0 Å². The van der Waals surface area contributed by atoms with Crippen molar-refractivity contribution in [1.29, 1.82) is 0 Å². The quantitative estimate of drug-likeness (QED) is 0.355. The zero-order valence-electron chi connectivity index (χ0n) is 17.8. The van der Waals surface area contributed by atoms with E-state index >= 15 is 0 Å². The molecule has 24 heavy (non-hydrogen) atoms. The maximum absolute atomic E-state index is 2.48. The minimum absolute atomic E-state index is 0.217. The summed E-state index contributed by atoms with van der Waals surface area (Å²) in [7, 11) is 0. The van der Waals surface area contributed by atoms with E-state index in [1.165, 1.54) is 42.4 Å². The molecule has 0 fully saturated rings. The fourth-order valence-corrected chi connectivity index (χ4v) is 3.54. The average Bonchev–Trinajstić information content (AvgIpc) is 2.89. The Balaban J connectivity index is 2.97. The summed E-state index contributed by atoms with van der Waals surface area (Å²) in [6.07, 6.45) is 8.79. The molecule has 0 aliphatic carbocycles. The third kappa shape index (κ3) is 6.19. The molecular formula is C24H41-. The van der Waals surface area contributed by atoms with Gasteiger partial charge in [-0.3, -0.25) is 0 Å². The molecular weight excluding hydrogens is 288 g/mol. The van der Waals surface area contributed by atoms with Crippen molar-refractivity contribution in [2.24, 2.45) is 5.92 Å². The molecule has 0 heteroatoms. The monoisotopic (exact) mass is 329 g/mol. The van der Waals surface area contributed by atoms with Gasteiger partial charge in [-0.1, -0.05) is 92.7 Å². The lowest BCUT2D eigenvalue weighted by atomic mass is 9.84. The molecule has 0 spiro atoms. The Morgan fingerprint density at radius 1 is 1.08 bits per heavy atom. The van der Waals surface area contributed by atoms with E-state index in [9.17, 15) is 0 Å². The molecule has 0 unspecified atom stereocenters. The van der Waals surface area contributed by atoms with Crippen molar-refractivity contribution in [2.75, 3.05) is 0 Å². The van der Waals surface area contributed by atoms with Gasteiger partial charge in [-0.2, -0.15) is 22.8 Å². The molecule has 0 N–H and O–H groups in total. The van der Waals surface area contributed by atoms with Crippen LogP contribution in [0.15, 0.2) is 23.8 Å². The third-order valence-corrected chi connectivity index (χ3v) is 5.20. The van der Waals surface area contributed by atoms with Gasteiger partial charge < -0.3 is 0 Å². The van der Waals surface area contributed by atoms with Crippen LogP contribution in [-0.2, 0) is 17.3 Å². The van der Waals surface area contributed by atoms with Crippen molar-refractivity contribution in [3.8, 4) is 0 Å². The van der Waals surface area contributed by atoms with Gasteiger partial charge in [0.1, 0.15) is 0 Å². The zero-order chi connectivity index (χ0) is 18.5. The minimum Gasteiger partial charge on any atom is -0.206 e. The highest BCUT2D eigenvalue weighted by atomic mass is 14.3. The summed E-state index contributed by atoms with van der Waals surface area (Å²) in [4.78, 5) is 0. The molecule has 1 aromatic rings. The standard InChI is InChI=1S/C24H41/c1-10-12-19(11-2)15-18(3)13-14-20-16-21(23(4,5)6)17-22(20)24(7,8)9/h13,16-17,19H,10-12,14-15H2,1-9H3/q-1/b18-13-/t19-/m1/s1. The fraction of sp³-hybridized carbons (Fsp3) is 0.708. The molecule has 0 bridgehead atoms. The Morgan fingerprint density at radius 2 is 1.71 bits per heavy atom. The van der Waals surface area contributed by atoms with Crippen molar-refractivity contribution >= 4 is 0 Å². The second kappa shape index (κ2) is 8.45. The maximum Gasteiger partial charge on any atom is -0.0295 e. The summed E-state index contributed by atoms with van der Waals surface area (Å²) < 4.78 is 0. The second-order valence-electron chi connectivity index (χ2n) is 9.70. The highest BCUT2D eigenvalue weighted by Crippen LogP contribution is 2.34. The minimum atomic E-state index is 0.217. The van der Waals surface area contributed by atoms with Gasteiger partial charge in [0.05, 0.1) is 0 Å². The Hall–Kier alpha value is -0.910. The fourth-order valence-electron chi connectivity index (χ4n) is 3.54. The van der Waals surface area contributed by atoms with Gasteiger partial charge in [-0.25, -0.2) is 6.07 Å². The maximum atomic E-state index is 2.48. The van der Waals surface area contributed by atoms with E-state index < -0.39 is 0 Å². The smallest absolute Gasteiger partial charge is 0.0295 e. The molecule has 0 nitrogen and oxygen atoms in total.